The molecule has 0 saturated heterocycles. The highest BCUT2D eigenvalue weighted by Gasteiger charge is 2.33. The van der Waals surface area contributed by atoms with Gasteiger partial charge in [0, 0.05) is 17.5 Å². The number of nitrogens with zero attached hydrogens (tertiary/aromatic N) is 2. The molecule has 0 aliphatic heterocycles. The first-order chi connectivity index (χ1) is 9.34. The van der Waals surface area contributed by atoms with Crippen LogP contribution >= 0.6 is 0 Å². The van der Waals surface area contributed by atoms with Gasteiger partial charge in [-0.2, -0.15) is 0 Å². The number of rotatable bonds is 3. The standard InChI is InChI=1S/C16H19N3/c17-15-14(11-7-4-8-11)18-16(19(15)13-9-10-13)12-5-2-1-3-6-12/h1-3,5-6,11,13H,4,7-10,17H2. The lowest BCUT2D eigenvalue weighted by molar-refractivity contribution is 0.413. The van der Waals surface area contributed by atoms with Gasteiger partial charge in [-0.3, -0.25) is 0 Å². The molecular formula is C16H19N3. The minimum Gasteiger partial charge on any atom is -0.384 e. The molecule has 19 heavy (non-hydrogen) atoms. The second-order valence-corrected chi connectivity index (χ2v) is 5.80. The van der Waals surface area contributed by atoms with Crippen LogP contribution in [0.4, 0.5) is 5.82 Å². The molecule has 0 atom stereocenters. The molecule has 3 nitrogen and oxygen atoms in total. The van der Waals surface area contributed by atoms with Gasteiger partial charge in [-0.05, 0) is 25.7 Å². The minimum atomic E-state index is 0.580. The zero-order chi connectivity index (χ0) is 12.8. The van der Waals surface area contributed by atoms with Crippen molar-refractivity contribution in [1.82, 2.24) is 9.55 Å². The molecule has 2 saturated carbocycles. The molecule has 4 rings (SSSR count). The van der Waals surface area contributed by atoms with E-state index in [-0.39, 0.29) is 0 Å². The van der Waals surface area contributed by atoms with Crippen molar-refractivity contribution in [3.63, 3.8) is 0 Å². The first-order valence-electron chi connectivity index (χ1n) is 7.27. The lowest BCUT2D eigenvalue weighted by atomic mass is 9.83. The molecule has 98 valence electrons. The van der Waals surface area contributed by atoms with Crippen LogP contribution in [-0.2, 0) is 0 Å². The number of hydrogen-bond donors (Lipinski definition) is 1. The van der Waals surface area contributed by atoms with Gasteiger partial charge in [0.25, 0.3) is 0 Å². The molecule has 0 unspecified atom stereocenters. The quantitative estimate of drug-likeness (QED) is 0.905. The molecule has 0 radical (unpaired) electrons. The van der Waals surface area contributed by atoms with Crippen LogP contribution in [0.15, 0.2) is 30.3 Å². The Morgan fingerprint density at radius 3 is 2.37 bits per heavy atom. The third-order valence-electron chi connectivity index (χ3n) is 4.41. The van der Waals surface area contributed by atoms with Gasteiger partial charge in [0.1, 0.15) is 11.6 Å². The van der Waals surface area contributed by atoms with Crippen LogP contribution in [0.2, 0.25) is 0 Å². The summed E-state index contributed by atoms with van der Waals surface area (Å²) in [6.07, 6.45) is 6.30. The highest BCUT2D eigenvalue weighted by Crippen LogP contribution is 2.45. The summed E-state index contributed by atoms with van der Waals surface area (Å²) in [7, 11) is 0. The van der Waals surface area contributed by atoms with Crippen LogP contribution in [0.5, 0.6) is 0 Å². The fourth-order valence-electron chi connectivity index (χ4n) is 2.94. The number of nitrogens with two attached hydrogens (primary N) is 1. The highest BCUT2D eigenvalue weighted by molar-refractivity contribution is 5.61. The maximum atomic E-state index is 6.39. The smallest absolute Gasteiger partial charge is 0.142 e. The van der Waals surface area contributed by atoms with Gasteiger partial charge in [-0.25, -0.2) is 4.98 Å². The summed E-state index contributed by atoms with van der Waals surface area (Å²) in [6, 6.07) is 11.0. The van der Waals surface area contributed by atoms with Crippen molar-refractivity contribution >= 4 is 5.82 Å². The number of nitrogen functional groups attached to an aromatic ring is 1. The Morgan fingerprint density at radius 1 is 1.05 bits per heavy atom. The lowest BCUT2D eigenvalue weighted by Gasteiger charge is -2.23. The largest absolute Gasteiger partial charge is 0.384 e. The molecule has 2 aromatic rings. The topological polar surface area (TPSA) is 43.8 Å². The van der Waals surface area contributed by atoms with E-state index in [2.05, 4.69) is 28.8 Å². The molecule has 3 heteroatoms. The van der Waals surface area contributed by atoms with Crippen LogP contribution in [0, 0.1) is 0 Å². The Labute approximate surface area is 113 Å². The van der Waals surface area contributed by atoms with E-state index in [4.69, 9.17) is 10.7 Å². The van der Waals surface area contributed by atoms with Crippen molar-refractivity contribution in [3.05, 3.63) is 36.0 Å². The first-order valence-corrected chi connectivity index (χ1v) is 7.27. The van der Waals surface area contributed by atoms with E-state index in [0.29, 0.717) is 12.0 Å². The summed E-state index contributed by atoms with van der Waals surface area (Å²) in [5.74, 6) is 2.59. The van der Waals surface area contributed by atoms with Gasteiger partial charge < -0.3 is 10.3 Å². The van der Waals surface area contributed by atoms with E-state index in [1.807, 2.05) is 6.07 Å². The van der Waals surface area contributed by atoms with Gasteiger partial charge in [0.15, 0.2) is 0 Å². The molecule has 0 bridgehead atoms. The number of imidazole rings is 1. The third kappa shape index (κ3) is 1.76. The summed E-state index contributed by atoms with van der Waals surface area (Å²) >= 11 is 0. The summed E-state index contributed by atoms with van der Waals surface area (Å²) in [5, 5.41) is 0. The fraction of sp³-hybridized carbons (Fsp3) is 0.438. The highest BCUT2D eigenvalue weighted by atomic mass is 15.2. The van der Waals surface area contributed by atoms with Crippen LogP contribution in [-0.4, -0.2) is 9.55 Å². The second kappa shape index (κ2) is 4.12. The molecule has 0 amide bonds. The Balaban J connectivity index is 1.84. The van der Waals surface area contributed by atoms with E-state index in [1.54, 1.807) is 0 Å². The van der Waals surface area contributed by atoms with Gasteiger partial charge in [-0.15, -0.1) is 0 Å². The molecule has 1 aromatic carbocycles. The van der Waals surface area contributed by atoms with E-state index >= 15 is 0 Å². The number of hydrogen-bond acceptors (Lipinski definition) is 2. The SMILES string of the molecule is Nc1c(C2CCC2)nc(-c2ccccc2)n1C1CC1. The van der Waals surface area contributed by atoms with Crippen molar-refractivity contribution < 1.29 is 0 Å². The number of anilines is 1. The van der Waals surface area contributed by atoms with Gasteiger partial charge >= 0.3 is 0 Å². The van der Waals surface area contributed by atoms with Gasteiger partial charge in [0.2, 0.25) is 0 Å². The molecule has 2 N–H and O–H groups in total. The summed E-state index contributed by atoms with van der Waals surface area (Å²) in [6.45, 7) is 0. The Hall–Kier alpha value is -1.77. The summed E-state index contributed by atoms with van der Waals surface area (Å²) < 4.78 is 2.28. The van der Waals surface area contributed by atoms with Gasteiger partial charge in [-0.1, -0.05) is 36.8 Å². The summed E-state index contributed by atoms with van der Waals surface area (Å²) in [4.78, 5) is 4.90. The molecule has 2 fully saturated rings. The zero-order valence-corrected chi connectivity index (χ0v) is 11.0. The van der Waals surface area contributed by atoms with Crippen molar-refractivity contribution in [2.45, 2.75) is 44.1 Å². The van der Waals surface area contributed by atoms with Crippen LogP contribution < -0.4 is 5.73 Å². The third-order valence-corrected chi connectivity index (χ3v) is 4.41. The predicted molar refractivity (Wildman–Crippen MR) is 76.9 cm³/mol. The van der Waals surface area contributed by atoms with Crippen molar-refractivity contribution in [3.8, 4) is 11.4 Å². The van der Waals surface area contributed by atoms with Crippen molar-refractivity contribution in [2.24, 2.45) is 0 Å². The van der Waals surface area contributed by atoms with E-state index in [9.17, 15) is 0 Å². The summed E-state index contributed by atoms with van der Waals surface area (Å²) in [5.41, 5.74) is 8.73. The van der Waals surface area contributed by atoms with Crippen molar-refractivity contribution in [2.75, 3.05) is 5.73 Å². The van der Waals surface area contributed by atoms with Crippen LogP contribution in [0.25, 0.3) is 11.4 Å². The molecule has 1 heterocycles. The van der Waals surface area contributed by atoms with Crippen LogP contribution in [0.3, 0.4) is 0 Å². The maximum Gasteiger partial charge on any atom is 0.142 e. The lowest BCUT2D eigenvalue weighted by Crippen LogP contribution is -2.12. The Kier molecular flexibility index (Phi) is 2.40. The van der Waals surface area contributed by atoms with Crippen molar-refractivity contribution in [1.29, 1.82) is 0 Å². The average molecular weight is 253 g/mol. The maximum absolute atomic E-state index is 6.39. The van der Waals surface area contributed by atoms with Gasteiger partial charge in [0.05, 0.1) is 5.69 Å². The molecule has 2 aliphatic rings. The Morgan fingerprint density at radius 2 is 1.79 bits per heavy atom. The molecule has 0 spiro atoms. The fourth-order valence-corrected chi connectivity index (χ4v) is 2.94. The zero-order valence-electron chi connectivity index (χ0n) is 11.0. The average Bonchev–Trinajstić information content (AvgIpc) is 3.15. The molecule has 1 aromatic heterocycles. The van der Waals surface area contributed by atoms with E-state index in [0.717, 1.165) is 17.3 Å². The van der Waals surface area contributed by atoms with Crippen LogP contribution in [0.1, 0.15) is 49.8 Å². The normalized spacial score (nSPS) is 19.4. The molecular weight excluding hydrogens is 234 g/mol. The number of benzene rings is 1. The second-order valence-electron chi connectivity index (χ2n) is 5.80. The Bertz CT molecular complexity index is 592. The molecule has 2 aliphatic carbocycles. The van der Waals surface area contributed by atoms with E-state index in [1.165, 1.54) is 37.7 Å². The number of aromatic nitrogens is 2. The monoisotopic (exact) mass is 253 g/mol. The van der Waals surface area contributed by atoms with E-state index < -0.39 is 0 Å². The predicted octanol–water partition coefficient (Wildman–Crippen LogP) is 3.73. The minimum absolute atomic E-state index is 0.580. The first kappa shape index (κ1) is 11.1.